The maximum atomic E-state index is 13.8. The van der Waals surface area contributed by atoms with E-state index in [4.69, 9.17) is 0 Å². The average molecular weight is 460 g/mol. The molecule has 0 spiro atoms. The van der Waals surface area contributed by atoms with Crippen molar-refractivity contribution in [3.63, 3.8) is 0 Å². The molecule has 10 heteroatoms. The van der Waals surface area contributed by atoms with Gasteiger partial charge in [0.25, 0.3) is 6.43 Å². The molecule has 33 heavy (non-hydrogen) atoms. The van der Waals surface area contributed by atoms with E-state index in [2.05, 4.69) is 15.4 Å². The van der Waals surface area contributed by atoms with Crippen molar-refractivity contribution in [2.24, 2.45) is 0 Å². The van der Waals surface area contributed by atoms with Crippen molar-refractivity contribution < 1.29 is 26.7 Å². The lowest BCUT2D eigenvalue weighted by atomic mass is 10.1. The van der Waals surface area contributed by atoms with Gasteiger partial charge in [0.05, 0.1) is 22.3 Å². The molecule has 0 saturated heterocycles. The Morgan fingerprint density at radius 3 is 2.45 bits per heavy atom. The predicted molar refractivity (Wildman–Crippen MR) is 113 cm³/mol. The van der Waals surface area contributed by atoms with E-state index in [0.717, 1.165) is 12.1 Å². The molecule has 0 atom stereocenters. The van der Waals surface area contributed by atoms with Gasteiger partial charge in [-0.3, -0.25) is 4.79 Å². The highest BCUT2D eigenvalue weighted by atomic mass is 19.4. The third-order valence-corrected chi connectivity index (χ3v) is 4.98. The summed E-state index contributed by atoms with van der Waals surface area (Å²) in [5.74, 6) is -0.677. The SMILES string of the molecule is Cc1nn(CC(=O)Nc2cccc(C(F)(F)F)c2)c2nc(-c3ccccc3)cc(C(F)F)c12. The van der Waals surface area contributed by atoms with Gasteiger partial charge in [-0.25, -0.2) is 18.4 Å². The number of rotatable bonds is 5. The van der Waals surface area contributed by atoms with Crippen LogP contribution >= 0.6 is 0 Å². The van der Waals surface area contributed by atoms with Crippen LogP contribution in [0.1, 0.15) is 23.2 Å². The van der Waals surface area contributed by atoms with Crippen LogP contribution < -0.4 is 5.32 Å². The third-order valence-electron chi connectivity index (χ3n) is 4.98. The number of amides is 1. The quantitative estimate of drug-likeness (QED) is 0.372. The fourth-order valence-electron chi connectivity index (χ4n) is 3.54. The first-order valence-electron chi connectivity index (χ1n) is 9.82. The molecule has 2 heterocycles. The van der Waals surface area contributed by atoms with Crippen molar-refractivity contribution in [3.8, 4) is 11.3 Å². The minimum Gasteiger partial charge on any atom is -0.324 e. The fraction of sp³-hybridized carbons (Fsp3) is 0.174. The number of benzene rings is 2. The minimum absolute atomic E-state index is 0.0470. The standard InChI is InChI=1S/C23H17F5N4O/c1-13-20-17(21(24)25)11-18(14-6-3-2-4-7-14)30-22(20)32(31-13)12-19(33)29-16-9-5-8-15(10-16)23(26,27)28/h2-11,21H,12H2,1H3,(H,29,33). The zero-order chi connectivity index (χ0) is 23.8. The Hall–Kier alpha value is -3.82. The van der Waals surface area contributed by atoms with Crippen LogP contribution in [0.2, 0.25) is 0 Å². The monoisotopic (exact) mass is 460 g/mol. The number of aromatic nitrogens is 3. The summed E-state index contributed by atoms with van der Waals surface area (Å²) in [5.41, 5.74) is 0.0344. The number of carbonyl (C=O) groups is 1. The molecule has 4 aromatic rings. The number of carbonyl (C=O) groups excluding carboxylic acids is 1. The lowest BCUT2D eigenvalue weighted by molar-refractivity contribution is -0.137. The number of hydrogen-bond donors (Lipinski definition) is 1. The van der Waals surface area contributed by atoms with Crippen molar-refractivity contribution in [1.29, 1.82) is 0 Å². The Morgan fingerprint density at radius 2 is 1.79 bits per heavy atom. The summed E-state index contributed by atoms with van der Waals surface area (Å²) in [7, 11) is 0. The van der Waals surface area contributed by atoms with E-state index in [9.17, 15) is 26.7 Å². The summed E-state index contributed by atoms with van der Waals surface area (Å²) in [6, 6.07) is 14.2. The number of anilines is 1. The van der Waals surface area contributed by atoms with Gasteiger partial charge in [0.1, 0.15) is 6.54 Å². The number of nitrogens with zero attached hydrogens (tertiary/aromatic N) is 3. The third kappa shape index (κ3) is 4.69. The number of hydrogen-bond acceptors (Lipinski definition) is 3. The second-order valence-electron chi connectivity index (χ2n) is 7.33. The number of nitrogens with one attached hydrogen (secondary N) is 1. The Bertz CT molecular complexity index is 1320. The normalized spacial score (nSPS) is 11.8. The number of halogens is 5. The summed E-state index contributed by atoms with van der Waals surface area (Å²) in [6.07, 6.45) is -7.35. The molecule has 4 rings (SSSR count). The highest BCUT2D eigenvalue weighted by Gasteiger charge is 2.30. The highest BCUT2D eigenvalue weighted by Crippen LogP contribution is 2.33. The molecule has 1 amide bonds. The first kappa shape index (κ1) is 22.4. The van der Waals surface area contributed by atoms with E-state index in [-0.39, 0.29) is 33.7 Å². The van der Waals surface area contributed by atoms with E-state index in [1.54, 1.807) is 30.3 Å². The molecule has 0 saturated carbocycles. The summed E-state index contributed by atoms with van der Waals surface area (Å²) >= 11 is 0. The van der Waals surface area contributed by atoms with Crippen molar-refractivity contribution in [3.05, 3.63) is 77.5 Å². The molecule has 0 unspecified atom stereocenters. The molecule has 0 bridgehead atoms. The van der Waals surface area contributed by atoms with Gasteiger partial charge < -0.3 is 5.32 Å². The van der Waals surface area contributed by atoms with Crippen molar-refractivity contribution in [2.75, 3.05) is 5.32 Å². The molecule has 5 nitrogen and oxygen atoms in total. The van der Waals surface area contributed by atoms with Crippen molar-refractivity contribution in [1.82, 2.24) is 14.8 Å². The molecular weight excluding hydrogens is 443 g/mol. The molecule has 0 radical (unpaired) electrons. The van der Waals surface area contributed by atoms with Crippen LogP contribution in [0.3, 0.4) is 0 Å². The van der Waals surface area contributed by atoms with Crippen molar-refractivity contribution in [2.45, 2.75) is 26.1 Å². The smallest absolute Gasteiger partial charge is 0.324 e. The molecule has 1 N–H and O–H groups in total. The minimum atomic E-state index is -4.56. The van der Waals surface area contributed by atoms with E-state index in [1.807, 2.05) is 0 Å². The number of alkyl halides is 5. The fourth-order valence-corrected chi connectivity index (χ4v) is 3.54. The van der Waals surface area contributed by atoms with Crippen LogP contribution in [0.15, 0.2) is 60.7 Å². The second kappa shape index (κ2) is 8.61. The van der Waals surface area contributed by atoms with Crippen LogP contribution in [0, 0.1) is 6.92 Å². The van der Waals surface area contributed by atoms with Gasteiger partial charge in [0.15, 0.2) is 5.65 Å². The van der Waals surface area contributed by atoms with Crippen LogP contribution in [0.5, 0.6) is 0 Å². The first-order valence-corrected chi connectivity index (χ1v) is 9.82. The van der Waals surface area contributed by atoms with Gasteiger partial charge in [-0.05, 0) is 31.2 Å². The van der Waals surface area contributed by atoms with Gasteiger partial charge in [-0.1, -0.05) is 36.4 Å². The van der Waals surface area contributed by atoms with Crippen LogP contribution in [0.4, 0.5) is 27.6 Å². The molecule has 2 aromatic carbocycles. The molecule has 170 valence electrons. The molecule has 0 aliphatic heterocycles. The number of fused-ring (bicyclic) bond motifs is 1. The summed E-state index contributed by atoms with van der Waals surface area (Å²) in [5, 5.41) is 6.71. The Kier molecular flexibility index (Phi) is 5.84. The Balaban J connectivity index is 1.69. The second-order valence-corrected chi connectivity index (χ2v) is 7.33. The maximum absolute atomic E-state index is 13.8. The number of pyridine rings is 1. The molecule has 0 aliphatic carbocycles. The van der Waals surface area contributed by atoms with Gasteiger partial charge in [-0.15, -0.1) is 0 Å². The van der Waals surface area contributed by atoms with E-state index >= 15 is 0 Å². The summed E-state index contributed by atoms with van der Waals surface area (Å²) in [4.78, 5) is 17.0. The van der Waals surface area contributed by atoms with Gasteiger partial charge in [-0.2, -0.15) is 18.3 Å². The summed E-state index contributed by atoms with van der Waals surface area (Å²) < 4.78 is 67.6. The largest absolute Gasteiger partial charge is 0.416 e. The maximum Gasteiger partial charge on any atom is 0.416 e. The predicted octanol–water partition coefficient (Wildman–Crippen LogP) is 6.00. The van der Waals surface area contributed by atoms with Crippen LogP contribution in [-0.4, -0.2) is 20.7 Å². The Morgan fingerprint density at radius 1 is 1.06 bits per heavy atom. The highest BCUT2D eigenvalue weighted by molar-refractivity contribution is 5.92. The topological polar surface area (TPSA) is 59.8 Å². The van der Waals surface area contributed by atoms with Gasteiger partial charge in [0, 0.05) is 16.8 Å². The van der Waals surface area contributed by atoms with Gasteiger partial charge in [0.2, 0.25) is 5.91 Å². The van der Waals surface area contributed by atoms with Crippen LogP contribution in [-0.2, 0) is 17.5 Å². The average Bonchev–Trinajstić information content (AvgIpc) is 3.08. The first-order chi connectivity index (χ1) is 15.6. The van der Waals surface area contributed by atoms with E-state index < -0.39 is 30.6 Å². The van der Waals surface area contributed by atoms with E-state index in [1.165, 1.54) is 29.8 Å². The lowest BCUT2D eigenvalue weighted by Gasteiger charge is -2.11. The lowest BCUT2D eigenvalue weighted by Crippen LogP contribution is -2.20. The van der Waals surface area contributed by atoms with Gasteiger partial charge >= 0.3 is 6.18 Å². The number of aryl methyl sites for hydroxylation is 1. The molecular formula is C23H17F5N4O. The molecule has 0 aliphatic rings. The Labute approximate surface area is 184 Å². The van der Waals surface area contributed by atoms with Crippen molar-refractivity contribution >= 4 is 22.6 Å². The van der Waals surface area contributed by atoms with Crippen LogP contribution in [0.25, 0.3) is 22.3 Å². The zero-order valence-corrected chi connectivity index (χ0v) is 17.2. The summed E-state index contributed by atoms with van der Waals surface area (Å²) in [6.45, 7) is 1.10. The molecule has 0 fully saturated rings. The molecule has 2 aromatic heterocycles. The zero-order valence-electron chi connectivity index (χ0n) is 17.2. The van der Waals surface area contributed by atoms with E-state index in [0.29, 0.717) is 5.56 Å².